The Bertz CT molecular complexity index is 1430. The zero-order chi connectivity index (χ0) is 22.9. The number of barbiturate groups is 1. The zero-order valence-corrected chi connectivity index (χ0v) is 17.2. The van der Waals surface area contributed by atoms with Crippen LogP contribution < -0.4 is 10.2 Å². The van der Waals surface area contributed by atoms with E-state index in [4.69, 9.17) is 0 Å². The maximum absolute atomic E-state index is 13.3. The summed E-state index contributed by atoms with van der Waals surface area (Å²) >= 11 is 0. The number of nitrogens with zero attached hydrogens (tertiary/aromatic N) is 3. The van der Waals surface area contributed by atoms with Gasteiger partial charge in [0.2, 0.25) is 0 Å². The molecule has 0 radical (unpaired) electrons. The molecular formula is C25H17FN4O3. The number of rotatable bonds is 4. The first-order chi connectivity index (χ1) is 16.0. The van der Waals surface area contributed by atoms with Gasteiger partial charge >= 0.3 is 6.03 Å². The summed E-state index contributed by atoms with van der Waals surface area (Å²) < 4.78 is 15.2. The molecule has 4 amide bonds. The summed E-state index contributed by atoms with van der Waals surface area (Å²) in [5.41, 5.74) is 2.53. The standard InChI is InChI=1S/C25H17FN4O3/c26-18-9-7-16(8-10-18)14-29-15-17(20-5-1-2-6-22(20)29)12-21-23(31)28-25(33)30(24(21)32)19-4-3-11-27-13-19/h1-13,15H,14H2,(H,28,31,33)/b21-12+. The smallest absolute Gasteiger partial charge is 0.336 e. The minimum absolute atomic E-state index is 0.164. The third-order valence-electron chi connectivity index (χ3n) is 5.39. The first kappa shape index (κ1) is 20.3. The molecule has 0 unspecified atom stereocenters. The topological polar surface area (TPSA) is 84.3 Å². The molecule has 0 atom stereocenters. The molecule has 1 saturated heterocycles. The molecule has 0 saturated carbocycles. The van der Waals surface area contributed by atoms with Crippen molar-refractivity contribution in [3.05, 3.63) is 102 Å². The second-order valence-electron chi connectivity index (χ2n) is 7.53. The van der Waals surface area contributed by atoms with Gasteiger partial charge in [-0.3, -0.25) is 19.9 Å². The van der Waals surface area contributed by atoms with Gasteiger partial charge in [-0.15, -0.1) is 0 Å². The first-order valence-electron chi connectivity index (χ1n) is 10.1. The predicted octanol–water partition coefficient (Wildman–Crippen LogP) is 3.89. The average Bonchev–Trinajstić information content (AvgIpc) is 3.16. The number of urea groups is 1. The van der Waals surface area contributed by atoms with E-state index in [2.05, 4.69) is 10.3 Å². The molecule has 1 fully saturated rings. The van der Waals surface area contributed by atoms with E-state index in [1.54, 1.807) is 24.3 Å². The molecule has 1 aliphatic heterocycles. The van der Waals surface area contributed by atoms with Crippen molar-refractivity contribution in [2.24, 2.45) is 0 Å². The SMILES string of the molecule is O=C1NC(=O)N(c2cccnc2)C(=O)/C1=C/c1cn(Cc2ccc(F)cc2)c2ccccc12. The summed E-state index contributed by atoms with van der Waals surface area (Å²) in [7, 11) is 0. The molecule has 3 heterocycles. The highest BCUT2D eigenvalue weighted by Gasteiger charge is 2.37. The number of carbonyl (C=O) groups is 3. The summed E-state index contributed by atoms with van der Waals surface area (Å²) in [6.45, 7) is 0.477. The predicted molar refractivity (Wildman–Crippen MR) is 121 cm³/mol. The number of imide groups is 2. The third kappa shape index (κ3) is 3.78. The van der Waals surface area contributed by atoms with E-state index in [-0.39, 0.29) is 17.1 Å². The molecule has 4 aromatic rings. The summed E-state index contributed by atoms with van der Waals surface area (Å²) in [4.78, 5) is 42.9. The fourth-order valence-corrected chi connectivity index (χ4v) is 3.84. The van der Waals surface area contributed by atoms with E-state index in [9.17, 15) is 18.8 Å². The van der Waals surface area contributed by atoms with Crippen LogP contribution in [0.15, 0.2) is 84.8 Å². The van der Waals surface area contributed by atoms with E-state index in [1.807, 2.05) is 35.0 Å². The molecule has 0 bridgehead atoms. The third-order valence-corrected chi connectivity index (χ3v) is 5.39. The Morgan fingerprint density at radius 1 is 0.970 bits per heavy atom. The van der Waals surface area contributed by atoms with Crippen LogP contribution >= 0.6 is 0 Å². The van der Waals surface area contributed by atoms with Crippen molar-refractivity contribution in [3.63, 3.8) is 0 Å². The summed E-state index contributed by atoms with van der Waals surface area (Å²) in [6.07, 6.45) is 6.20. The number of benzene rings is 2. The largest absolute Gasteiger partial charge is 0.342 e. The van der Waals surface area contributed by atoms with Crippen LogP contribution in [-0.4, -0.2) is 27.4 Å². The Morgan fingerprint density at radius 2 is 1.76 bits per heavy atom. The number of nitrogens with one attached hydrogen (secondary N) is 1. The maximum atomic E-state index is 13.3. The summed E-state index contributed by atoms with van der Waals surface area (Å²) in [5, 5.41) is 3.05. The van der Waals surface area contributed by atoms with Gasteiger partial charge in [-0.25, -0.2) is 14.1 Å². The van der Waals surface area contributed by atoms with E-state index < -0.39 is 17.8 Å². The van der Waals surface area contributed by atoms with Gasteiger partial charge in [0, 0.05) is 35.4 Å². The van der Waals surface area contributed by atoms with Gasteiger partial charge in [-0.1, -0.05) is 30.3 Å². The number of hydrogen-bond acceptors (Lipinski definition) is 4. The molecule has 7 nitrogen and oxygen atoms in total. The lowest BCUT2D eigenvalue weighted by Crippen LogP contribution is -2.54. The number of halogens is 1. The Hall–Kier alpha value is -4.59. The molecule has 2 aromatic carbocycles. The van der Waals surface area contributed by atoms with E-state index in [0.29, 0.717) is 12.1 Å². The van der Waals surface area contributed by atoms with Crippen LogP contribution in [0, 0.1) is 5.82 Å². The van der Waals surface area contributed by atoms with Gasteiger partial charge in [0.1, 0.15) is 11.4 Å². The minimum atomic E-state index is -0.825. The molecule has 162 valence electrons. The van der Waals surface area contributed by atoms with Gasteiger partial charge in [0.15, 0.2) is 0 Å². The number of aromatic nitrogens is 2. The average molecular weight is 440 g/mol. The molecule has 8 heteroatoms. The molecule has 0 spiro atoms. The Balaban J connectivity index is 1.56. The quantitative estimate of drug-likeness (QED) is 0.386. The molecule has 2 aromatic heterocycles. The lowest BCUT2D eigenvalue weighted by Gasteiger charge is -2.25. The van der Waals surface area contributed by atoms with Crippen LogP contribution in [0.4, 0.5) is 14.9 Å². The van der Waals surface area contributed by atoms with Crippen molar-refractivity contribution in [3.8, 4) is 0 Å². The van der Waals surface area contributed by atoms with Crippen molar-refractivity contribution in [2.45, 2.75) is 6.54 Å². The molecule has 33 heavy (non-hydrogen) atoms. The van der Waals surface area contributed by atoms with Crippen molar-refractivity contribution >= 4 is 40.5 Å². The zero-order valence-electron chi connectivity index (χ0n) is 17.2. The van der Waals surface area contributed by atoms with Gasteiger partial charge in [-0.05, 0) is 42.0 Å². The second kappa shape index (κ2) is 8.16. The van der Waals surface area contributed by atoms with Crippen molar-refractivity contribution in [2.75, 3.05) is 4.90 Å². The van der Waals surface area contributed by atoms with Crippen LogP contribution in [0.2, 0.25) is 0 Å². The molecule has 1 N–H and O–H groups in total. The highest BCUT2D eigenvalue weighted by molar-refractivity contribution is 6.39. The van der Waals surface area contributed by atoms with Crippen molar-refractivity contribution < 1.29 is 18.8 Å². The van der Waals surface area contributed by atoms with Crippen LogP contribution in [0.5, 0.6) is 0 Å². The number of pyridine rings is 1. The van der Waals surface area contributed by atoms with Gasteiger partial charge in [-0.2, -0.15) is 0 Å². The van der Waals surface area contributed by atoms with Crippen LogP contribution in [-0.2, 0) is 16.1 Å². The van der Waals surface area contributed by atoms with Crippen LogP contribution in [0.1, 0.15) is 11.1 Å². The Kier molecular flexibility index (Phi) is 5.02. The van der Waals surface area contributed by atoms with E-state index >= 15 is 0 Å². The molecule has 5 rings (SSSR count). The maximum Gasteiger partial charge on any atom is 0.336 e. The van der Waals surface area contributed by atoms with Crippen LogP contribution in [0.25, 0.3) is 17.0 Å². The lowest BCUT2D eigenvalue weighted by atomic mass is 10.1. The lowest BCUT2D eigenvalue weighted by molar-refractivity contribution is -0.122. The van der Waals surface area contributed by atoms with Gasteiger partial charge in [0.25, 0.3) is 11.8 Å². The van der Waals surface area contributed by atoms with Crippen molar-refractivity contribution in [1.29, 1.82) is 0 Å². The fourth-order valence-electron chi connectivity index (χ4n) is 3.84. The molecule has 0 aliphatic carbocycles. The monoisotopic (exact) mass is 440 g/mol. The van der Waals surface area contributed by atoms with Crippen LogP contribution in [0.3, 0.4) is 0 Å². The number of carbonyl (C=O) groups excluding carboxylic acids is 3. The molecule has 1 aliphatic rings. The van der Waals surface area contributed by atoms with E-state index in [0.717, 1.165) is 21.4 Å². The highest BCUT2D eigenvalue weighted by atomic mass is 19.1. The number of hydrogen-bond donors (Lipinski definition) is 1. The number of fused-ring (bicyclic) bond motifs is 1. The van der Waals surface area contributed by atoms with E-state index in [1.165, 1.54) is 30.6 Å². The number of anilines is 1. The minimum Gasteiger partial charge on any atom is -0.342 e. The number of para-hydroxylation sites is 1. The Morgan fingerprint density at radius 3 is 2.52 bits per heavy atom. The summed E-state index contributed by atoms with van der Waals surface area (Å²) in [6, 6.07) is 16.1. The van der Waals surface area contributed by atoms with Crippen molar-refractivity contribution in [1.82, 2.24) is 14.9 Å². The summed E-state index contributed by atoms with van der Waals surface area (Å²) in [5.74, 6) is -1.80. The second-order valence-corrected chi connectivity index (χ2v) is 7.53. The number of amides is 4. The normalized spacial score (nSPS) is 15.4. The fraction of sp³-hybridized carbons (Fsp3) is 0.0400. The Labute approximate surface area is 187 Å². The molecular weight excluding hydrogens is 423 g/mol. The van der Waals surface area contributed by atoms with Gasteiger partial charge < -0.3 is 4.57 Å². The van der Waals surface area contributed by atoms with Gasteiger partial charge in [0.05, 0.1) is 11.9 Å². The highest BCUT2D eigenvalue weighted by Crippen LogP contribution is 2.27. The first-order valence-corrected chi connectivity index (χ1v) is 10.1.